The molecule has 0 unspecified atom stereocenters. The number of aromatic amines is 1. The second-order valence-electron chi connectivity index (χ2n) is 4.35. The Bertz CT molecular complexity index is 483. The van der Waals surface area contributed by atoms with Crippen molar-refractivity contribution in [1.82, 2.24) is 9.97 Å². The number of hydrogen-bond donors (Lipinski definition) is 1. The van der Waals surface area contributed by atoms with Gasteiger partial charge in [0.05, 0.1) is 4.47 Å². The Morgan fingerprint density at radius 2 is 2.17 bits per heavy atom. The lowest BCUT2D eigenvalue weighted by molar-refractivity contribution is -0.100. The number of aryl methyl sites for hydroxylation is 1. The minimum atomic E-state index is -0.392. The molecule has 0 aliphatic carbocycles. The van der Waals surface area contributed by atoms with E-state index in [1.807, 2.05) is 0 Å². The Morgan fingerprint density at radius 3 is 2.72 bits per heavy atom. The van der Waals surface area contributed by atoms with Crippen LogP contribution in [0.4, 0.5) is 0 Å². The van der Waals surface area contributed by atoms with E-state index in [2.05, 4.69) is 32.8 Å². The van der Waals surface area contributed by atoms with E-state index in [1.165, 1.54) is 0 Å². The van der Waals surface area contributed by atoms with Crippen LogP contribution in [-0.2, 0) is 21.5 Å². The molecule has 1 aromatic rings. The molecule has 0 atom stereocenters. The standard InChI is InChI=1S/C12H17BrN2O2S/c1-3-8-9(13)10(18)15-11(14-8)12(16-2)4-6-17-7-5-12/h3-7H2,1-2H3,(H,14,15,18). The molecular weight excluding hydrogens is 316 g/mol. The summed E-state index contributed by atoms with van der Waals surface area (Å²) < 4.78 is 12.6. The molecule has 1 aromatic heterocycles. The molecule has 2 heterocycles. The SMILES string of the molecule is CCc1[nH]c(C2(OC)CCOCC2)nc(=S)c1Br. The van der Waals surface area contributed by atoms with E-state index in [-0.39, 0.29) is 0 Å². The number of halogens is 1. The maximum Gasteiger partial charge on any atom is 0.144 e. The number of nitrogens with zero attached hydrogens (tertiary/aromatic N) is 1. The molecule has 100 valence electrons. The van der Waals surface area contributed by atoms with Crippen LogP contribution in [0.2, 0.25) is 0 Å². The van der Waals surface area contributed by atoms with Crippen molar-refractivity contribution >= 4 is 28.1 Å². The maximum absolute atomic E-state index is 5.72. The van der Waals surface area contributed by atoms with Crippen molar-refractivity contribution in [2.24, 2.45) is 0 Å². The van der Waals surface area contributed by atoms with Crippen LogP contribution in [0, 0.1) is 4.64 Å². The molecule has 6 heteroatoms. The molecule has 0 bridgehead atoms. The van der Waals surface area contributed by atoms with Gasteiger partial charge in [0.1, 0.15) is 16.1 Å². The summed E-state index contributed by atoms with van der Waals surface area (Å²) in [5, 5.41) is 0. The molecule has 18 heavy (non-hydrogen) atoms. The lowest BCUT2D eigenvalue weighted by Crippen LogP contribution is -2.37. The van der Waals surface area contributed by atoms with Crippen LogP contribution in [0.5, 0.6) is 0 Å². The molecule has 0 amide bonds. The van der Waals surface area contributed by atoms with Gasteiger partial charge >= 0.3 is 0 Å². The van der Waals surface area contributed by atoms with E-state index in [1.54, 1.807) is 7.11 Å². The van der Waals surface area contributed by atoms with Crippen molar-refractivity contribution in [3.05, 3.63) is 20.6 Å². The Hall–Kier alpha value is -0.300. The molecule has 1 aliphatic heterocycles. The maximum atomic E-state index is 5.72. The third-order valence-corrected chi connectivity index (χ3v) is 4.82. The van der Waals surface area contributed by atoms with Gasteiger partial charge in [-0.25, -0.2) is 4.98 Å². The summed E-state index contributed by atoms with van der Waals surface area (Å²) in [5.74, 6) is 0.818. The summed E-state index contributed by atoms with van der Waals surface area (Å²) >= 11 is 8.77. The van der Waals surface area contributed by atoms with E-state index in [0.717, 1.165) is 35.3 Å². The molecule has 1 fully saturated rings. The summed E-state index contributed by atoms with van der Waals surface area (Å²) in [4.78, 5) is 7.84. The molecule has 1 aliphatic rings. The first kappa shape index (κ1) is 14.1. The highest BCUT2D eigenvalue weighted by atomic mass is 79.9. The van der Waals surface area contributed by atoms with Gasteiger partial charge in [-0.15, -0.1) is 0 Å². The fraction of sp³-hybridized carbons (Fsp3) is 0.667. The van der Waals surface area contributed by atoms with Gasteiger partial charge in [0.15, 0.2) is 0 Å². The molecular formula is C12H17BrN2O2S. The van der Waals surface area contributed by atoms with Crippen LogP contribution in [0.1, 0.15) is 31.3 Å². The molecule has 4 nitrogen and oxygen atoms in total. The van der Waals surface area contributed by atoms with Crippen LogP contribution < -0.4 is 0 Å². The molecule has 0 radical (unpaired) electrons. The van der Waals surface area contributed by atoms with Crippen molar-refractivity contribution < 1.29 is 9.47 Å². The van der Waals surface area contributed by atoms with Gasteiger partial charge in [-0.1, -0.05) is 19.1 Å². The summed E-state index contributed by atoms with van der Waals surface area (Å²) in [5.41, 5.74) is 0.670. The van der Waals surface area contributed by atoms with Crippen molar-refractivity contribution in [1.29, 1.82) is 0 Å². The highest BCUT2D eigenvalue weighted by Crippen LogP contribution is 2.34. The van der Waals surface area contributed by atoms with Gasteiger partial charge in [-0.2, -0.15) is 0 Å². The lowest BCUT2D eigenvalue weighted by Gasteiger charge is -2.35. The molecule has 2 rings (SSSR count). The monoisotopic (exact) mass is 332 g/mol. The molecule has 0 spiro atoms. The van der Waals surface area contributed by atoms with Gasteiger partial charge in [0, 0.05) is 38.9 Å². The van der Waals surface area contributed by atoms with E-state index >= 15 is 0 Å². The summed E-state index contributed by atoms with van der Waals surface area (Å²) in [6, 6.07) is 0. The van der Waals surface area contributed by atoms with Crippen LogP contribution in [0.15, 0.2) is 4.47 Å². The molecule has 0 aromatic carbocycles. The van der Waals surface area contributed by atoms with Gasteiger partial charge in [0.2, 0.25) is 0 Å². The topological polar surface area (TPSA) is 47.1 Å². The molecule has 1 N–H and O–H groups in total. The average molecular weight is 333 g/mol. The number of nitrogens with one attached hydrogen (secondary N) is 1. The van der Waals surface area contributed by atoms with Crippen LogP contribution in [-0.4, -0.2) is 30.3 Å². The zero-order chi connectivity index (χ0) is 13.2. The van der Waals surface area contributed by atoms with E-state index in [0.29, 0.717) is 17.9 Å². The Kier molecular flexibility index (Phi) is 4.53. The quantitative estimate of drug-likeness (QED) is 0.864. The minimum Gasteiger partial charge on any atom is -0.381 e. The number of methoxy groups -OCH3 is 1. The van der Waals surface area contributed by atoms with Crippen molar-refractivity contribution in [3.8, 4) is 0 Å². The molecule has 0 saturated carbocycles. The number of aromatic nitrogens is 2. The minimum absolute atomic E-state index is 0.392. The first-order valence-corrected chi connectivity index (χ1v) is 7.25. The third kappa shape index (κ3) is 2.52. The summed E-state index contributed by atoms with van der Waals surface area (Å²) in [7, 11) is 1.72. The molecule has 1 saturated heterocycles. The normalized spacial score (nSPS) is 18.8. The van der Waals surface area contributed by atoms with E-state index < -0.39 is 5.60 Å². The zero-order valence-electron chi connectivity index (χ0n) is 10.6. The van der Waals surface area contributed by atoms with Crippen molar-refractivity contribution in [2.45, 2.75) is 31.8 Å². The van der Waals surface area contributed by atoms with Gasteiger partial charge in [0.25, 0.3) is 0 Å². The Balaban J connectivity index is 2.48. The Morgan fingerprint density at radius 1 is 1.50 bits per heavy atom. The van der Waals surface area contributed by atoms with E-state index in [9.17, 15) is 0 Å². The Labute approximate surface area is 120 Å². The highest BCUT2D eigenvalue weighted by molar-refractivity contribution is 9.10. The smallest absolute Gasteiger partial charge is 0.144 e. The lowest BCUT2D eigenvalue weighted by atomic mass is 9.93. The number of hydrogen-bond acceptors (Lipinski definition) is 4. The highest BCUT2D eigenvalue weighted by Gasteiger charge is 2.37. The first-order chi connectivity index (χ1) is 8.63. The fourth-order valence-corrected chi connectivity index (χ4v) is 2.89. The number of ether oxygens (including phenoxy) is 2. The average Bonchev–Trinajstić information content (AvgIpc) is 2.42. The van der Waals surface area contributed by atoms with Crippen LogP contribution in [0.3, 0.4) is 0 Å². The summed E-state index contributed by atoms with van der Waals surface area (Å²) in [6.07, 6.45) is 2.47. The fourth-order valence-electron chi connectivity index (χ4n) is 2.20. The first-order valence-electron chi connectivity index (χ1n) is 6.05. The predicted octanol–water partition coefficient (Wildman–Crippen LogP) is 3.12. The van der Waals surface area contributed by atoms with Gasteiger partial charge < -0.3 is 14.5 Å². The largest absolute Gasteiger partial charge is 0.381 e. The van der Waals surface area contributed by atoms with Crippen LogP contribution >= 0.6 is 28.1 Å². The third-order valence-electron chi connectivity index (χ3n) is 3.41. The van der Waals surface area contributed by atoms with Gasteiger partial charge in [-0.3, -0.25) is 0 Å². The van der Waals surface area contributed by atoms with Gasteiger partial charge in [-0.05, 0) is 22.4 Å². The number of rotatable bonds is 3. The zero-order valence-corrected chi connectivity index (χ0v) is 13.0. The number of H-pyrrole nitrogens is 1. The van der Waals surface area contributed by atoms with E-state index in [4.69, 9.17) is 21.7 Å². The van der Waals surface area contributed by atoms with Crippen molar-refractivity contribution in [3.63, 3.8) is 0 Å². The second kappa shape index (κ2) is 5.77. The summed E-state index contributed by atoms with van der Waals surface area (Å²) in [6.45, 7) is 3.46. The van der Waals surface area contributed by atoms with Crippen LogP contribution in [0.25, 0.3) is 0 Å². The van der Waals surface area contributed by atoms with Crippen molar-refractivity contribution in [2.75, 3.05) is 20.3 Å². The second-order valence-corrected chi connectivity index (χ2v) is 5.53. The predicted molar refractivity (Wildman–Crippen MR) is 75.2 cm³/mol.